The molecule has 5 heteroatoms. The zero-order chi connectivity index (χ0) is 12.8. The molecule has 1 aromatic carbocycles. The van der Waals surface area contributed by atoms with Crippen LogP contribution < -0.4 is 0 Å². The predicted octanol–water partition coefficient (Wildman–Crippen LogP) is 2.48. The van der Waals surface area contributed by atoms with Crippen molar-refractivity contribution in [2.75, 3.05) is 7.11 Å². The average Bonchev–Trinajstić information content (AvgIpc) is 2.29. The minimum Gasteiger partial charge on any atom is -0.481 e. The van der Waals surface area contributed by atoms with Crippen molar-refractivity contribution in [3.8, 4) is 0 Å². The van der Waals surface area contributed by atoms with Crippen molar-refractivity contribution in [2.45, 2.75) is 6.42 Å². The number of rotatable bonds is 4. The number of carboxylic acid groups (broad SMARTS) is 1. The summed E-state index contributed by atoms with van der Waals surface area (Å²) in [5, 5.41) is 8.69. The maximum Gasteiger partial charge on any atom is 0.334 e. The van der Waals surface area contributed by atoms with Crippen molar-refractivity contribution in [3.63, 3.8) is 0 Å². The zero-order valence-corrected chi connectivity index (χ0v) is 10.7. The van der Waals surface area contributed by atoms with Crippen LogP contribution in [0.2, 0.25) is 0 Å². The van der Waals surface area contributed by atoms with E-state index in [4.69, 9.17) is 5.11 Å². The number of aliphatic carboxylic acids is 1. The number of hydrogen-bond donors (Lipinski definition) is 1. The number of carboxylic acids is 1. The summed E-state index contributed by atoms with van der Waals surface area (Å²) in [6.45, 7) is 0. The fraction of sp³-hybridized carbons (Fsp3) is 0.167. The number of esters is 1. The topological polar surface area (TPSA) is 63.6 Å². The highest BCUT2D eigenvalue weighted by molar-refractivity contribution is 9.10. The SMILES string of the molecule is COC(=O)C(=Cc1ccc(Br)cc1)CC(=O)O. The monoisotopic (exact) mass is 298 g/mol. The van der Waals surface area contributed by atoms with Crippen LogP contribution in [-0.4, -0.2) is 24.2 Å². The highest BCUT2D eigenvalue weighted by atomic mass is 79.9. The first-order valence-electron chi connectivity index (χ1n) is 4.79. The molecule has 0 aliphatic heterocycles. The quantitative estimate of drug-likeness (QED) is 0.685. The highest BCUT2D eigenvalue weighted by Crippen LogP contribution is 2.15. The van der Waals surface area contributed by atoms with Gasteiger partial charge in [-0.25, -0.2) is 4.79 Å². The van der Waals surface area contributed by atoms with E-state index in [1.807, 2.05) is 12.1 Å². The van der Waals surface area contributed by atoms with E-state index in [2.05, 4.69) is 20.7 Å². The summed E-state index contributed by atoms with van der Waals surface area (Å²) in [6, 6.07) is 7.16. The van der Waals surface area contributed by atoms with Crippen LogP contribution in [0.3, 0.4) is 0 Å². The molecule has 0 radical (unpaired) electrons. The summed E-state index contributed by atoms with van der Waals surface area (Å²) in [4.78, 5) is 22.0. The summed E-state index contributed by atoms with van der Waals surface area (Å²) in [7, 11) is 1.22. The van der Waals surface area contributed by atoms with Gasteiger partial charge in [0.15, 0.2) is 0 Å². The molecule has 1 rings (SSSR count). The Morgan fingerprint density at radius 3 is 2.41 bits per heavy atom. The minimum absolute atomic E-state index is 0.113. The second kappa shape index (κ2) is 6.20. The summed E-state index contributed by atoms with van der Waals surface area (Å²) in [5.41, 5.74) is 0.858. The molecule has 90 valence electrons. The number of hydrogen-bond acceptors (Lipinski definition) is 3. The van der Waals surface area contributed by atoms with E-state index in [0.29, 0.717) is 0 Å². The summed E-state index contributed by atoms with van der Waals surface area (Å²) >= 11 is 3.29. The molecule has 17 heavy (non-hydrogen) atoms. The van der Waals surface area contributed by atoms with E-state index < -0.39 is 11.9 Å². The Kier molecular flexibility index (Phi) is 4.90. The van der Waals surface area contributed by atoms with Gasteiger partial charge in [-0.15, -0.1) is 0 Å². The normalized spacial score (nSPS) is 11.1. The number of benzene rings is 1. The van der Waals surface area contributed by atoms with Crippen LogP contribution >= 0.6 is 15.9 Å². The van der Waals surface area contributed by atoms with E-state index in [-0.39, 0.29) is 12.0 Å². The van der Waals surface area contributed by atoms with Crippen molar-refractivity contribution < 1.29 is 19.4 Å². The zero-order valence-electron chi connectivity index (χ0n) is 9.14. The van der Waals surface area contributed by atoms with E-state index in [9.17, 15) is 9.59 Å². The first-order chi connectivity index (χ1) is 8.02. The molecule has 0 bridgehead atoms. The van der Waals surface area contributed by atoms with Crippen molar-refractivity contribution in [3.05, 3.63) is 39.9 Å². The molecule has 0 aromatic heterocycles. The number of carbonyl (C=O) groups is 2. The molecular formula is C12H11BrO4. The van der Waals surface area contributed by atoms with Gasteiger partial charge in [0, 0.05) is 10.0 Å². The maximum absolute atomic E-state index is 11.4. The van der Waals surface area contributed by atoms with Gasteiger partial charge in [0.05, 0.1) is 13.5 Å². The van der Waals surface area contributed by atoms with Gasteiger partial charge in [-0.1, -0.05) is 28.1 Å². The Morgan fingerprint density at radius 2 is 1.94 bits per heavy atom. The van der Waals surface area contributed by atoms with Crippen molar-refractivity contribution >= 4 is 33.9 Å². The molecule has 0 unspecified atom stereocenters. The molecule has 0 saturated heterocycles. The molecule has 1 aromatic rings. The Bertz CT molecular complexity index is 448. The Balaban J connectivity index is 3.00. The van der Waals surface area contributed by atoms with Gasteiger partial charge >= 0.3 is 11.9 Å². The van der Waals surface area contributed by atoms with Crippen molar-refractivity contribution in [1.82, 2.24) is 0 Å². The largest absolute Gasteiger partial charge is 0.481 e. The molecule has 4 nitrogen and oxygen atoms in total. The molecule has 0 saturated carbocycles. The van der Waals surface area contributed by atoms with E-state index in [0.717, 1.165) is 10.0 Å². The summed E-state index contributed by atoms with van der Waals surface area (Å²) < 4.78 is 5.44. The number of carbonyl (C=O) groups excluding carboxylic acids is 1. The summed E-state index contributed by atoms with van der Waals surface area (Å²) in [5.74, 6) is -1.70. The Hall–Kier alpha value is -1.62. The highest BCUT2D eigenvalue weighted by Gasteiger charge is 2.13. The molecule has 0 heterocycles. The fourth-order valence-electron chi connectivity index (χ4n) is 1.24. The lowest BCUT2D eigenvalue weighted by molar-refractivity contribution is -0.141. The predicted molar refractivity (Wildman–Crippen MR) is 66.4 cm³/mol. The van der Waals surface area contributed by atoms with Crippen LogP contribution in [0, 0.1) is 0 Å². The summed E-state index contributed by atoms with van der Waals surface area (Å²) in [6.07, 6.45) is 1.15. The first kappa shape index (κ1) is 13.4. The van der Waals surface area contributed by atoms with Gasteiger partial charge in [-0.3, -0.25) is 4.79 Å². The van der Waals surface area contributed by atoms with Gasteiger partial charge in [-0.05, 0) is 23.8 Å². The van der Waals surface area contributed by atoms with Gasteiger partial charge < -0.3 is 9.84 Å². The third-order valence-corrected chi connectivity index (χ3v) is 2.53. The van der Waals surface area contributed by atoms with Crippen LogP contribution in [0.5, 0.6) is 0 Å². The van der Waals surface area contributed by atoms with Gasteiger partial charge in [0.2, 0.25) is 0 Å². The third-order valence-electron chi connectivity index (χ3n) is 2.00. The maximum atomic E-state index is 11.4. The number of halogens is 1. The first-order valence-corrected chi connectivity index (χ1v) is 5.58. The van der Waals surface area contributed by atoms with Gasteiger partial charge in [0.1, 0.15) is 0 Å². The molecular weight excluding hydrogens is 288 g/mol. The molecule has 0 aliphatic rings. The van der Waals surface area contributed by atoms with Gasteiger partial charge in [-0.2, -0.15) is 0 Å². The van der Waals surface area contributed by atoms with Gasteiger partial charge in [0.25, 0.3) is 0 Å². The molecule has 0 spiro atoms. The number of methoxy groups -OCH3 is 1. The Labute approximate surface area is 107 Å². The lowest BCUT2D eigenvalue weighted by Gasteiger charge is -2.03. The third kappa shape index (κ3) is 4.40. The van der Waals surface area contributed by atoms with Crippen molar-refractivity contribution in [1.29, 1.82) is 0 Å². The van der Waals surface area contributed by atoms with Crippen LogP contribution in [0.1, 0.15) is 12.0 Å². The van der Waals surface area contributed by atoms with Crippen LogP contribution in [0.25, 0.3) is 6.08 Å². The van der Waals surface area contributed by atoms with E-state index >= 15 is 0 Å². The van der Waals surface area contributed by atoms with Crippen LogP contribution in [-0.2, 0) is 14.3 Å². The van der Waals surface area contributed by atoms with Crippen LogP contribution in [0.4, 0.5) is 0 Å². The molecule has 0 fully saturated rings. The molecule has 1 N–H and O–H groups in total. The Morgan fingerprint density at radius 1 is 1.35 bits per heavy atom. The molecule has 0 amide bonds. The second-order valence-corrected chi connectivity index (χ2v) is 4.20. The van der Waals surface area contributed by atoms with E-state index in [1.54, 1.807) is 12.1 Å². The smallest absolute Gasteiger partial charge is 0.334 e. The lowest BCUT2D eigenvalue weighted by Crippen LogP contribution is -2.09. The molecule has 0 atom stereocenters. The second-order valence-electron chi connectivity index (χ2n) is 3.28. The molecule has 0 aliphatic carbocycles. The van der Waals surface area contributed by atoms with E-state index in [1.165, 1.54) is 13.2 Å². The standard InChI is InChI=1S/C12H11BrO4/c1-17-12(16)9(7-11(14)15)6-8-2-4-10(13)5-3-8/h2-6H,7H2,1H3,(H,14,15). The lowest BCUT2D eigenvalue weighted by atomic mass is 10.1. The van der Waals surface area contributed by atoms with Crippen molar-refractivity contribution in [2.24, 2.45) is 0 Å². The number of ether oxygens (including phenoxy) is 1. The fourth-order valence-corrected chi connectivity index (χ4v) is 1.50. The average molecular weight is 299 g/mol. The minimum atomic E-state index is -1.07. The van der Waals surface area contributed by atoms with Crippen LogP contribution in [0.15, 0.2) is 34.3 Å².